The van der Waals surface area contributed by atoms with Gasteiger partial charge in [-0.1, -0.05) is 12.1 Å². The highest BCUT2D eigenvalue weighted by Gasteiger charge is 2.38. The lowest BCUT2D eigenvalue weighted by Crippen LogP contribution is -2.48. The summed E-state index contributed by atoms with van der Waals surface area (Å²) in [6, 6.07) is 6.87. The average molecular weight is 377 g/mol. The van der Waals surface area contributed by atoms with Gasteiger partial charge in [-0.25, -0.2) is 9.97 Å². The second kappa shape index (κ2) is 7.07. The van der Waals surface area contributed by atoms with E-state index in [2.05, 4.69) is 20.0 Å². The van der Waals surface area contributed by atoms with E-state index in [9.17, 15) is 4.79 Å². The molecule has 2 aliphatic rings. The number of benzene rings is 1. The molecule has 5 rings (SSSR count). The highest BCUT2D eigenvalue weighted by atomic mass is 16.5. The minimum atomic E-state index is 0.168. The molecule has 144 valence electrons. The predicted molar refractivity (Wildman–Crippen MR) is 105 cm³/mol. The lowest BCUT2D eigenvalue weighted by atomic mass is 10.1. The zero-order valence-electron chi connectivity index (χ0n) is 15.9. The Morgan fingerprint density at radius 2 is 2.00 bits per heavy atom. The van der Waals surface area contributed by atoms with Crippen molar-refractivity contribution in [2.45, 2.75) is 31.3 Å². The molecule has 2 bridgehead atoms. The molecule has 2 saturated heterocycles. The number of carbonyl (C=O) groups excluding carboxylic acids is 1. The van der Waals surface area contributed by atoms with Crippen molar-refractivity contribution in [3.8, 4) is 11.1 Å². The van der Waals surface area contributed by atoms with E-state index in [4.69, 9.17) is 4.74 Å². The second-order valence-corrected chi connectivity index (χ2v) is 7.77. The van der Waals surface area contributed by atoms with E-state index < -0.39 is 0 Å². The number of ketones is 1. The summed E-state index contributed by atoms with van der Waals surface area (Å²) in [5, 5.41) is 5.20. The summed E-state index contributed by atoms with van der Waals surface area (Å²) in [5.41, 5.74) is 2.95. The van der Waals surface area contributed by atoms with Gasteiger partial charge in [0.05, 0.1) is 37.9 Å². The fourth-order valence-electron chi connectivity index (χ4n) is 4.30. The highest BCUT2D eigenvalue weighted by molar-refractivity contribution is 5.85. The Labute approximate surface area is 163 Å². The van der Waals surface area contributed by atoms with Crippen molar-refractivity contribution in [1.82, 2.24) is 24.6 Å². The van der Waals surface area contributed by atoms with E-state index >= 15 is 0 Å². The number of morpholine rings is 1. The number of ether oxygens (including phenoxy) is 1. The Bertz CT molecular complexity index is 1010. The summed E-state index contributed by atoms with van der Waals surface area (Å²) in [6.07, 6.45) is 8.14. The fraction of sp³-hybridized carbons (Fsp3) is 0.429. The van der Waals surface area contributed by atoms with Gasteiger partial charge in [-0.3, -0.25) is 14.4 Å². The molecule has 28 heavy (non-hydrogen) atoms. The Kier molecular flexibility index (Phi) is 4.41. The Balaban J connectivity index is 1.33. The van der Waals surface area contributed by atoms with Crippen LogP contribution in [0.3, 0.4) is 0 Å². The summed E-state index contributed by atoms with van der Waals surface area (Å²) < 4.78 is 7.38. The molecule has 2 atom stereocenters. The van der Waals surface area contributed by atoms with Crippen molar-refractivity contribution in [3.63, 3.8) is 0 Å². The van der Waals surface area contributed by atoms with Gasteiger partial charge in [0.2, 0.25) is 0 Å². The molecule has 2 fully saturated rings. The molecule has 7 nitrogen and oxygen atoms in total. The van der Waals surface area contributed by atoms with Crippen molar-refractivity contribution < 1.29 is 9.53 Å². The van der Waals surface area contributed by atoms with Gasteiger partial charge in [0.15, 0.2) is 5.78 Å². The van der Waals surface area contributed by atoms with Crippen LogP contribution >= 0.6 is 0 Å². The maximum absolute atomic E-state index is 12.7. The van der Waals surface area contributed by atoms with E-state index in [1.54, 1.807) is 10.9 Å². The zero-order chi connectivity index (χ0) is 19.1. The van der Waals surface area contributed by atoms with Crippen LogP contribution in [0.4, 0.5) is 0 Å². The van der Waals surface area contributed by atoms with Gasteiger partial charge in [-0.15, -0.1) is 0 Å². The molecule has 0 spiro atoms. The van der Waals surface area contributed by atoms with Crippen molar-refractivity contribution in [2.24, 2.45) is 7.05 Å². The van der Waals surface area contributed by atoms with Crippen LogP contribution in [0.2, 0.25) is 0 Å². The van der Waals surface area contributed by atoms with Crippen LogP contribution in [0.5, 0.6) is 0 Å². The topological polar surface area (TPSA) is 73.1 Å². The molecule has 3 aromatic rings. The molecule has 2 aliphatic heterocycles. The van der Waals surface area contributed by atoms with Crippen LogP contribution < -0.4 is 0 Å². The van der Waals surface area contributed by atoms with E-state index in [-0.39, 0.29) is 12.2 Å². The Morgan fingerprint density at radius 3 is 2.75 bits per heavy atom. The number of hydrogen-bond donors (Lipinski definition) is 0. The second-order valence-electron chi connectivity index (χ2n) is 7.77. The number of aryl methyl sites for hydroxylation is 1. The molecule has 7 heteroatoms. The number of nitrogens with zero attached hydrogens (tertiary/aromatic N) is 5. The molecular formula is C21H23N5O2. The Hall–Kier alpha value is -2.64. The molecule has 0 amide bonds. The third-order valence-corrected chi connectivity index (χ3v) is 5.78. The van der Waals surface area contributed by atoms with Gasteiger partial charge >= 0.3 is 0 Å². The van der Waals surface area contributed by atoms with Gasteiger partial charge in [-0.05, 0) is 24.5 Å². The SMILES string of the molecule is Cn1cc(-c2ccc3cnc(CC(=O)CN4C5CCC4COC5)nc3c2)cn1. The molecule has 0 N–H and O–H groups in total. The van der Waals surface area contributed by atoms with E-state index in [0.717, 1.165) is 48.1 Å². The first kappa shape index (κ1) is 17.5. The smallest absolute Gasteiger partial charge is 0.154 e. The molecule has 1 aromatic carbocycles. The van der Waals surface area contributed by atoms with Crippen LogP contribution in [0.15, 0.2) is 36.8 Å². The van der Waals surface area contributed by atoms with Crippen LogP contribution in [-0.4, -0.2) is 62.3 Å². The monoisotopic (exact) mass is 377 g/mol. The van der Waals surface area contributed by atoms with Crippen molar-refractivity contribution in [3.05, 3.63) is 42.6 Å². The maximum Gasteiger partial charge on any atom is 0.154 e. The summed E-state index contributed by atoms with van der Waals surface area (Å²) in [7, 11) is 1.90. The summed E-state index contributed by atoms with van der Waals surface area (Å²) in [6.45, 7) is 1.95. The maximum atomic E-state index is 12.7. The van der Waals surface area contributed by atoms with E-state index in [1.165, 1.54) is 0 Å². The first-order valence-electron chi connectivity index (χ1n) is 9.75. The number of carbonyl (C=O) groups is 1. The highest BCUT2D eigenvalue weighted by Crippen LogP contribution is 2.28. The minimum absolute atomic E-state index is 0.168. The third-order valence-electron chi connectivity index (χ3n) is 5.78. The molecular weight excluding hydrogens is 354 g/mol. The average Bonchev–Trinajstić information content (AvgIpc) is 3.20. The lowest BCUT2D eigenvalue weighted by Gasteiger charge is -2.33. The molecule has 0 radical (unpaired) electrons. The van der Waals surface area contributed by atoms with Gasteiger partial charge in [0.25, 0.3) is 0 Å². The third kappa shape index (κ3) is 3.31. The van der Waals surface area contributed by atoms with E-state index in [0.29, 0.717) is 24.5 Å². The van der Waals surface area contributed by atoms with Gasteiger partial charge in [0.1, 0.15) is 5.82 Å². The molecule has 4 heterocycles. The summed E-state index contributed by atoms with van der Waals surface area (Å²) in [5.74, 6) is 0.753. The number of fused-ring (bicyclic) bond motifs is 3. The zero-order valence-corrected chi connectivity index (χ0v) is 15.9. The van der Waals surface area contributed by atoms with E-state index in [1.807, 2.05) is 37.6 Å². The van der Waals surface area contributed by atoms with Crippen LogP contribution in [0.25, 0.3) is 22.0 Å². The van der Waals surface area contributed by atoms with Gasteiger partial charge in [0, 0.05) is 42.5 Å². The largest absolute Gasteiger partial charge is 0.378 e. The standard InChI is InChI=1S/C21H23N5O2/c1-25-10-16(9-23-25)14-2-3-15-8-22-21(24-20(15)6-14)7-19(27)11-26-17-4-5-18(26)13-28-12-17/h2-3,6,8-10,17-18H,4-5,7,11-13H2,1H3. The fourth-order valence-corrected chi connectivity index (χ4v) is 4.30. The number of Topliss-reactive ketones (excluding diaryl/α,β-unsaturated/α-hetero) is 1. The quantitative estimate of drug-likeness (QED) is 0.677. The summed E-state index contributed by atoms with van der Waals surface area (Å²) >= 11 is 0. The van der Waals surface area contributed by atoms with Crippen LogP contribution in [0.1, 0.15) is 18.7 Å². The van der Waals surface area contributed by atoms with Crippen molar-refractivity contribution in [1.29, 1.82) is 0 Å². The number of hydrogen-bond acceptors (Lipinski definition) is 6. The number of aromatic nitrogens is 4. The minimum Gasteiger partial charge on any atom is -0.378 e. The predicted octanol–water partition coefficient (Wildman–Crippen LogP) is 2.01. The first-order chi connectivity index (χ1) is 13.7. The van der Waals surface area contributed by atoms with Crippen LogP contribution in [0, 0.1) is 0 Å². The molecule has 0 aliphatic carbocycles. The van der Waals surface area contributed by atoms with Crippen LogP contribution in [-0.2, 0) is 23.0 Å². The van der Waals surface area contributed by atoms with Crippen molar-refractivity contribution in [2.75, 3.05) is 19.8 Å². The summed E-state index contributed by atoms with van der Waals surface area (Å²) in [4.78, 5) is 24.0. The molecule has 2 aromatic heterocycles. The van der Waals surface area contributed by atoms with Gasteiger partial charge < -0.3 is 4.74 Å². The first-order valence-corrected chi connectivity index (χ1v) is 9.75. The molecule has 0 saturated carbocycles. The normalized spacial score (nSPS) is 22.0. The molecule has 2 unspecified atom stereocenters. The Morgan fingerprint density at radius 1 is 1.18 bits per heavy atom. The van der Waals surface area contributed by atoms with Crippen molar-refractivity contribution >= 4 is 16.7 Å². The lowest BCUT2D eigenvalue weighted by molar-refractivity contribution is -0.122. The number of rotatable bonds is 5. The van der Waals surface area contributed by atoms with Gasteiger partial charge in [-0.2, -0.15) is 5.10 Å².